The van der Waals surface area contributed by atoms with E-state index in [9.17, 15) is 14.9 Å². The van der Waals surface area contributed by atoms with Crippen LogP contribution >= 0.6 is 11.8 Å². The monoisotopic (exact) mass is 329 g/mol. The largest absolute Gasteiger partial charge is 0.465 e. The third kappa shape index (κ3) is 1.94. The minimum atomic E-state index is -0.762. The molecule has 8 heteroatoms. The summed E-state index contributed by atoms with van der Waals surface area (Å²) >= 11 is 1.40. The number of esters is 2. The Morgan fingerprint density at radius 3 is 2.43 bits per heavy atom. The van der Waals surface area contributed by atoms with E-state index in [1.54, 1.807) is 16.5 Å². The third-order valence-corrected chi connectivity index (χ3v) is 4.39. The molecule has 3 aromatic rings. The average molecular weight is 329 g/mol. The third-order valence-electron chi connectivity index (χ3n) is 3.57. The van der Waals surface area contributed by atoms with Crippen LogP contribution in [-0.4, -0.2) is 41.8 Å². The number of nitrogens with zero attached hydrogens (tertiary/aromatic N) is 3. The van der Waals surface area contributed by atoms with Gasteiger partial charge in [-0.2, -0.15) is 5.26 Å². The van der Waals surface area contributed by atoms with Crippen LogP contribution in [-0.2, 0) is 9.47 Å². The van der Waals surface area contributed by atoms with E-state index in [2.05, 4.69) is 11.1 Å². The van der Waals surface area contributed by atoms with E-state index in [-0.39, 0.29) is 11.3 Å². The zero-order valence-corrected chi connectivity index (χ0v) is 13.4. The van der Waals surface area contributed by atoms with Gasteiger partial charge < -0.3 is 9.47 Å². The number of rotatable bonds is 3. The molecule has 0 aliphatic carbocycles. The summed E-state index contributed by atoms with van der Waals surface area (Å²) in [6, 6.07) is 5.59. The normalized spacial score (nSPS) is 10.9. The lowest BCUT2D eigenvalue weighted by Gasteiger charge is -2.08. The zero-order chi connectivity index (χ0) is 16.7. The molecular formula is C15H11N3O4S. The number of aromatic nitrogens is 2. The molecule has 7 nitrogen and oxygen atoms in total. The Morgan fingerprint density at radius 1 is 1.22 bits per heavy atom. The second-order valence-corrected chi connectivity index (χ2v) is 5.42. The predicted octanol–water partition coefficient (Wildman–Crippen LogP) is 2.09. The molecule has 0 aromatic carbocycles. The van der Waals surface area contributed by atoms with Gasteiger partial charge in [0.05, 0.1) is 30.1 Å². The molecule has 3 aromatic heterocycles. The molecule has 0 unspecified atom stereocenters. The highest BCUT2D eigenvalue weighted by molar-refractivity contribution is 7.98. The minimum absolute atomic E-state index is 0.0222. The Labute approximate surface area is 135 Å². The van der Waals surface area contributed by atoms with Gasteiger partial charge in [-0.1, -0.05) is 0 Å². The average Bonchev–Trinajstić information content (AvgIpc) is 3.14. The van der Waals surface area contributed by atoms with Gasteiger partial charge in [-0.05, 0) is 18.4 Å². The van der Waals surface area contributed by atoms with E-state index in [4.69, 9.17) is 9.47 Å². The molecule has 0 fully saturated rings. The molecule has 0 radical (unpaired) electrons. The standard InChI is InChI=1S/C15H11N3O4S/c1-21-14(19)10-8-4-5-9-12(23-3)7(6-16)13(18(8)9)17-11(10)15(20)22-2/h4-5H,1-3H3. The van der Waals surface area contributed by atoms with Crippen molar-refractivity contribution >= 4 is 40.4 Å². The van der Waals surface area contributed by atoms with Crippen molar-refractivity contribution in [3.63, 3.8) is 0 Å². The molecule has 0 saturated heterocycles. The Kier molecular flexibility index (Phi) is 3.58. The zero-order valence-electron chi connectivity index (χ0n) is 12.5. The van der Waals surface area contributed by atoms with Crippen LogP contribution in [0.25, 0.3) is 16.7 Å². The van der Waals surface area contributed by atoms with E-state index >= 15 is 0 Å². The van der Waals surface area contributed by atoms with Crippen molar-refractivity contribution in [1.82, 2.24) is 9.38 Å². The topological polar surface area (TPSA) is 93.7 Å². The minimum Gasteiger partial charge on any atom is -0.465 e. The number of carbonyl (C=O) groups is 2. The van der Waals surface area contributed by atoms with Crippen molar-refractivity contribution in [3.8, 4) is 6.07 Å². The van der Waals surface area contributed by atoms with Crippen LogP contribution in [0.4, 0.5) is 0 Å². The van der Waals surface area contributed by atoms with Gasteiger partial charge >= 0.3 is 11.9 Å². The Morgan fingerprint density at radius 2 is 1.87 bits per heavy atom. The summed E-state index contributed by atoms with van der Waals surface area (Å²) < 4.78 is 11.2. The molecule has 0 N–H and O–H groups in total. The van der Waals surface area contributed by atoms with Gasteiger partial charge in [0.15, 0.2) is 11.3 Å². The van der Waals surface area contributed by atoms with Crippen LogP contribution in [0.2, 0.25) is 0 Å². The maximum Gasteiger partial charge on any atom is 0.357 e. The molecule has 3 rings (SSSR count). The van der Waals surface area contributed by atoms with Crippen LogP contribution in [0.3, 0.4) is 0 Å². The molecule has 0 bridgehead atoms. The highest BCUT2D eigenvalue weighted by Gasteiger charge is 2.29. The molecule has 0 atom stereocenters. The van der Waals surface area contributed by atoms with Crippen LogP contribution in [0, 0.1) is 11.3 Å². The van der Waals surface area contributed by atoms with E-state index in [1.807, 2.05) is 6.26 Å². The molecule has 0 aliphatic rings. The molecule has 0 amide bonds. The number of carbonyl (C=O) groups excluding carboxylic acids is 2. The Bertz CT molecular complexity index is 986. The molecule has 0 spiro atoms. The van der Waals surface area contributed by atoms with E-state index in [0.717, 1.165) is 10.4 Å². The van der Waals surface area contributed by atoms with Crippen LogP contribution < -0.4 is 0 Å². The van der Waals surface area contributed by atoms with Gasteiger partial charge in [0.1, 0.15) is 17.2 Å². The first-order valence-corrected chi connectivity index (χ1v) is 7.72. The predicted molar refractivity (Wildman–Crippen MR) is 83.1 cm³/mol. The van der Waals surface area contributed by atoms with Crippen molar-refractivity contribution < 1.29 is 19.1 Å². The van der Waals surface area contributed by atoms with Gasteiger partial charge in [0.2, 0.25) is 0 Å². The maximum absolute atomic E-state index is 12.1. The Balaban J connectivity index is 2.54. The SMILES string of the molecule is COC(=O)c1nc2c(C#N)c(SC)c3ccc(c1C(=O)OC)n32. The maximum atomic E-state index is 12.1. The van der Waals surface area contributed by atoms with Crippen molar-refractivity contribution in [2.24, 2.45) is 0 Å². The highest BCUT2D eigenvalue weighted by atomic mass is 32.2. The number of methoxy groups -OCH3 is 2. The smallest absolute Gasteiger partial charge is 0.357 e. The quantitative estimate of drug-likeness (QED) is 0.536. The van der Waals surface area contributed by atoms with Gasteiger partial charge in [-0.25, -0.2) is 14.6 Å². The first-order chi connectivity index (χ1) is 11.1. The Hall–Kier alpha value is -2.79. The molecule has 0 aliphatic heterocycles. The molecule has 23 heavy (non-hydrogen) atoms. The lowest BCUT2D eigenvalue weighted by atomic mass is 10.1. The fraction of sp³-hybridized carbons (Fsp3) is 0.200. The van der Waals surface area contributed by atoms with Gasteiger partial charge in [0.25, 0.3) is 0 Å². The van der Waals surface area contributed by atoms with Gasteiger partial charge in [-0.3, -0.25) is 4.40 Å². The summed E-state index contributed by atoms with van der Waals surface area (Å²) in [7, 11) is 2.43. The first-order valence-electron chi connectivity index (χ1n) is 6.50. The molecular weight excluding hydrogens is 318 g/mol. The number of nitriles is 1. The van der Waals surface area contributed by atoms with E-state index < -0.39 is 11.9 Å². The van der Waals surface area contributed by atoms with Crippen molar-refractivity contribution in [3.05, 3.63) is 29.0 Å². The summed E-state index contributed by atoms with van der Waals surface area (Å²) in [5, 5.41) is 9.44. The molecule has 0 saturated carbocycles. The van der Waals surface area contributed by atoms with Gasteiger partial charge in [-0.15, -0.1) is 11.8 Å². The van der Waals surface area contributed by atoms with Crippen LogP contribution in [0.15, 0.2) is 17.0 Å². The number of thioether (sulfide) groups is 1. The summed E-state index contributed by atoms with van der Waals surface area (Å²) in [4.78, 5) is 29.2. The van der Waals surface area contributed by atoms with Crippen molar-refractivity contribution in [1.29, 1.82) is 5.26 Å². The van der Waals surface area contributed by atoms with Crippen LogP contribution in [0.1, 0.15) is 26.4 Å². The second-order valence-electron chi connectivity index (χ2n) is 4.60. The summed E-state index contributed by atoms with van der Waals surface area (Å²) in [6.45, 7) is 0. The van der Waals surface area contributed by atoms with Crippen LogP contribution in [0.5, 0.6) is 0 Å². The van der Waals surface area contributed by atoms with Crippen molar-refractivity contribution in [2.75, 3.05) is 20.5 Å². The van der Waals surface area contributed by atoms with Gasteiger partial charge in [0, 0.05) is 0 Å². The molecule has 116 valence electrons. The highest BCUT2D eigenvalue weighted by Crippen LogP contribution is 2.35. The summed E-state index contributed by atoms with van der Waals surface area (Å²) in [5.41, 5.74) is 1.75. The lowest BCUT2D eigenvalue weighted by molar-refractivity contribution is 0.0551. The summed E-state index contributed by atoms with van der Waals surface area (Å²) in [6.07, 6.45) is 1.85. The number of hydrogen-bond acceptors (Lipinski definition) is 7. The van der Waals surface area contributed by atoms with E-state index in [0.29, 0.717) is 16.7 Å². The first kappa shape index (κ1) is 15.1. The second kappa shape index (κ2) is 5.44. The fourth-order valence-corrected chi connectivity index (χ4v) is 3.33. The molecule has 3 heterocycles. The summed E-state index contributed by atoms with van der Waals surface area (Å²) in [5.74, 6) is -1.45. The van der Waals surface area contributed by atoms with Crippen molar-refractivity contribution in [2.45, 2.75) is 4.90 Å². The number of hydrogen-bond donors (Lipinski definition) is 0. The van der Waals surface area contributed by atoms with E-state index in [1.165, 1.54) is 26.0 Å². The number of ether oxygens (including phenoxy) is 2. The fourth-order valence-electron chi connectivity index (χ4n) is 2.62. The lowest BCUT2D eigenvalue weighted by Crippen LogP contribution is -2.16.